The number of aryl methyl sites for hydroxylation is 1. The van der Waals surface area contributed by atoms with E-state index >= 15 is 0 Å². The number of benzene rings is 2. The van der Waals surface area contributed by atoms with Gasteiger partial charge in [0.2, 0.25) is 0 Å². The van der Waals surface area contributed by atoms with Gasteiger partial charge in [0.15, 0.2) is 6.29 Å². The van der Waals surface area contributed by atoms with Crippen LogP contribution in [0.3, 0.4) is 0 Å². The van der Waals surface area contributed by atoms with Crippen LogP contribution in [0, 0.1) is 0 Å². The molecule has 0 aliphatic rings. The molecule has 3 nitrogen and oxygen atoms in total. The van der Waals surface area contributed by atoms with Crippen molar-refractivity contribution in [1.82, 2.24) is 9.78 Å². The van der Waals surface area contributed by atoms with E-state index in [0.717, 1.165) is 30.4 Å². The molecule has 1 aromatic heterocycles. The molecule has 116 valence electrons. The van der Waals surface area contributed by atoms with Gasteiger partial charge in [-0.05, 0) is 24.1 Å². The zero-order valence-corrected chi connectivity index (χ0v) is 13.6. The molecule has 0 saturated heterocycles. The molecular formula is C19H17ClN2O. The van der Waals surface area contributed by atoms with E-state index in [1.807, 2.05) is 42.5 Å². The topological polar surface area (TPSA) is 34.9 Å². The van der Waals surface area contributed by atoms with Gasteiger partial charge in [0.25, 0.3) is 0 Å². The van der Waals surface area contributed by atoms with Crippen LogP contribution in [0.25, 0.3) is 16.9 Å². The molecule has 0 atom stereocenters. The fraction of sp³-hybridized carbons (Fsp3) is 0.158. The van der Waals surface area contributed by atoms with Crippen LogP contribution >= 0.6 is 11.6 Å². The zero-order chi connectivity index (χ0) is 16.2. The van der Waals surface area contributed by atoms with E-state index in [2.05, 4.69) is 24.2 Å². The molecule has 0 fully saturated rings. The van der Waals surface area contributed by atoms with Crippen molar-refractivity contribution in [1.29, 1.82) is 0 Å². The summed E-state index contributed by atoms with van der Waals surface area (Å²) in [5, 5.41) is 4.88. The van der Waals surface area contributed by atoms with Crippen molar-refractivity contribution in [3.8, 4) is 16.9 Å². The van der Waals surface area contributed by atoms with Crippen molar-refractivity contribution in [2.45, 2.75) is 19.8 Å². The Bertz CT molecular complexity index is 807. The fourth-order valence-electron chi connectivity index (χ4n) is 2.59. The SMILES string of the molecule is CCCc1ccc(-c2nn(-c3ccccc3)c(Cl)c2C=O)cc1. The number of aromatic nitrogens is 2. The number of halogens is 1. The van der Waals surface area contributed by atoms with Crippen molar-refractivity contribution in [2.75, 3.05) is 0 Å². The normalized spacial score (nSPS) is 10.7. The molecule has 0 saturated carbocycles. The largest absolute Gasteiger partial charge is 0.298 e. The van der Waals surface area contributed by atoms with Crippen LogP contribution in [-0.2, 0) is 6.42 Å². The van der Waals surface area contributed by atoms with Gasteiger partial charge >= 0.3 is 0 Å². The average molecular weight is 325 g/mol. The minimum absolute atomic E-state index is 0.332. The molecule has 0 aliphatic carbocycles. The van der Waals surface area contributed by atoms with Crippen LogP contribution in [0.1, 0.15) is 29.3 Å². The van der Waals surface area contributed by atoms with E-state index in [1.165, 1.54) is 5.56 Å². The summed E-state index contributed by atoms with van der Waals surface area (Å²) < 4.78 is 1.60. The molecule has 0 bridgehead atoms. The summed E-state index contributed by atoms with van der Waals surface area (Å²) in [6.07, 6.45) is 2.91. The van der Waals surface area contributed by atoms with Gasteiger partial charge in [-0.15, -0.1) is 0 Å². The molecule has 23 heavy (non-hydrogen) atoms. The van der Waals surface area contributed by atoms with Crippen molar-refractivity contribution in [3.63, 3.8) is 0 Å². The molecule has 2 aromatic carbocycles. The molecule has 0 N–H and O–H groups in total. The fourth-order valence-corrected chi connectivity index (χ4v) is 2.85. The van der Waals surface area contributed by atoms with E-state index in [9.17, 15) is 4.79 Å². The summed E-state index contributed by atoms with van der Waals surface area (Å²) in [6.45, 7) is 2.15. The highest BCUT2D eigenvalue weighted by molar-refractivity contribution is 6.32. The molecule has 0 aliphatic heterocycles. The number of carbonyl (C=O) groups is 1. The van der Waals surface area contributed by atoms with Crippen LogP contribution in [0.4, 0.5) is 0 Å². The Morgan fingerprint density at radius 1 is 1.09 bits per heavy atom. The maximum Gasteiger partial charge on any atom is 0.155 e. The lowest BCUT2D eigenvalue weighted by Crippen LogP contribution is -1.96. The smallest absolute Gasteiger partial charge is 0.155 e. The second kappa shape index (κ2) is 6.80. The quantitative estimate of drug-likeness (QED) is 0.622. The van der Waals surface area contributed by atoms with Crippen LogP contribution < -0.4 is 0 Å². The van der Waals surface area contributed by atoms with Crippen molar-refractivity contribution in [2.24, 2.45) is 0 Å². The number of hydrogen-bond acceptors (Lipinski definition) is 2. The van der Waals surface area contributed by atoms with E-state index in [-0.39, 0.29) is 0 Å². The average Bonchev–Trinajstić information content (AvgIpc) is 2.93. The molecule has 0 unspecified atom stereocenters. The van der Waals surface area contributed by atoms with Crippen molar-refractivity contribution >= 4 is 17.9 Å². The molecule has 0 amide bonds. The van der Waals surface area contributed by atoms with Gasteiger partial charge in [-0.3, -0.25) is 4.79 Å². The third kappa shape index (κ3) is 3.06. The first-order valence-corrected chi connectivity index (χ1v) is 8.00. The van der Waals surface area contributed by atoms with Gasteiger partial charge in [-0.2, -0.15) is 5.10 Å². The van der Waals surface area contributed by atoms with Gasteiger partial charge in [-0.1, -0.05) is 67.4 Å². The number of aldehydes is 1. The zero-order valence-electron chi connectivity index (χ0n) is 12.9. The first-order valence-electron chi connectivity index (χ1n) is 7.63. The summed E-state index contributed by atoms with van der Waals surface area (Å²) in [5.74, 6) is 0. The van der Waals surface area contributed by atoms with Crippen molar-refractivity contribution in [3.05, 3.63) is 70.9 Å². The number of nitrogens with zero attached hydrogens (tertiary/aromatic N) is 2. The molecule has 3 aromatic rings. The lowest BCUT2D eigenvalue weighted by atomic mass is 10.0. The standard InChI is InChI=1S/C19H17ClN2O/c1-2-6-14-9-11-15(12-10-14)18-17(13-23)19(20)22(21-18)16-7-4-3-5-8-16/h3-5,7-13H,2,6H2,1H3. The third-order valence-corrected chi connectivity index (χ3v) is 4.11. The molecular weight excluding hydrogens is 308 g/mol. The van der Waals surface area contributed by atoms with Crippen LogP contribution in [0.2, 0.25) is 5.15 Å². The molecule has 1 heterocycles. The highest BCUT2D eigenvalue weighted by Crippen LogP contribution is 2.29. The summed E-state index contributed by atoms with van der Waals surface area (Å²) in [7, 11) is 0. The molecule has 0 spiro atoms. The second-order valence-corrected chi connectivity index (χ2v) is 5.72. The Labute approximate surface area is 140 Å². The van der Waals surface area contributed by atoms with E-state index in [4.69, 9.17) is 11.6 Å². The Morgan fingerprint density at radius 3 is 2.39 bits per heavy atom. The Balaban J connectivity index is 2.07. The third-order valence-electron chi connectivity index (χ3n) is 3.75. The highest BCUT2D eigenvalue weighted by Gasteiger charge is 2.18. The van der Waals surface area contributed by atoms with E-state index in [1.54, 1.807) is 4.68 Å². The summed E-state index contributed by atoms with van der Waals surface area (Å²) in [6, 6.07) is 17.7. The molecule has 3 rings (SSSR count). The monoisotopic (exact) mass is 324 g/mol. The van der Waals surface area contributed by atoms with E-state index < -0.39 is 0 Å². The maximum atomic E-state index is 11.5. The van der Waals surface area contributed by atoms with Gasteiger partial charge in [0, 0.05) is 5.56 Å². The van der Waals surface area contributed by atoms with Gasteiger partial charge in [-0.25, -0.2) is 4.68 Å². The van der Waals surface area contributed by atoms with Gasteiger partial charge < -0.3 is 0 Å². The van der Waals surface area contributed by atoms with Crippen LogP contribution in [0.15, 0.2) is 54.6 Å². The van der Waals surface area contributed by atoms with E-state index in [0.29, 0.717) is 16.4 Å². The summed E-state index contributed by atoms with van der Waals surface area (Å²) in [5.41, 5.74) is 4.02. The Kier molecular flexibility index (Phi) is 4.58. The Morgan fingerprint density at radius 2 is 1.78 bits per heavy atom. The maximum absolute atomic E-state index is 11.5. The van der Waals surface area contributed by atoms with Crippen LogP contribution in [0.5, 0.6) is 0 Å². The highest BCUT2D eigenvalue weighted by atomic mass is 35.5. The van der Waals surface area contributed by atoms with Gasteiger partial charge in [0.1, 0.15) is 10.8 Å². The number of carbonyl (C=O) groups excluding carboxylic acids is 1. The van der Waals surface area contributed by atoms with Crippen molar-refractivity contribution < 1.29 is 4.79 Å². The number of para-hydroxylation sites is 1. The minimum Gasteiger partial charge on any atom is -0.298 e. The first kappa shape index (κ1) is 15.5. The van der Waals surface area contributed by atoms with Gasteiger partial charge in [0.05, 0.1) is 11.3 Å². The lowest BCUT2D eigenvalue weighted by Gasteiger charge is -2.02. The molecule has 0 radical (unpaired) electrons. The van der Waals surface area contributed by atoms with Crippen LogP contribution in [-0.4, -0.2) is 16.1 Å². The lowest BCUT2D eigenvalue weighted by molar-refractivity contribution is 0.112. The Hall–Kier alpha value is -2.39. The predicted octanol–water partition coefficient (Wildman–Crippen LogP) is 4.96. The summed E-state index contributed by atoms with van der Waals surface area (Å²) >= 11 is 6.36. The number of hydrogen-bond donors (Lipinski definition) is 0. The first-order chi connectivity index (χ1) is 11.2. The molecule has 4 heteroatoms. The number of rotatable bonds is 5. The second-order valence-electron chi connectivity index (χ2n) is 5.37. The summed E-state index contributed by atoms with van der Waals surface area (Å²) in [4.78, 5) is 11.5. The predicted molar refractivity (Wildman–Crippen MR) is 93.4 cm³/mol. The minimum atomic E-state index is 0.332.